The molecule has 0 aliphatic rings. The number of carbonyl (C=O) groups is 2. The largest absolute Gasteiger partial charge is 0.484 e. The number of hydrogen-bond acceptors (Lipinski definition) is 3. The van der Waals surface area contributed by atoms with E-state index >= 15 is 0 Å². The van der Waals surface area contributed by atoms with Gasteiger partial charge in [0.25, 0.3) is 5.91 Å². The Labute approximate surface area is 223 Å². The molecule has 0 saturated heterocycles. The summed E-state index contributed by atoms with van der Waals surface area (Å²) in [5.41, 5.74) is 2.67. The molecule has 1 unspecified atom stereocenters. The number of rotatable bonds is 11. The maximum atomic E-state index is 13.6. The Morgan fingerprint density at radius 2 is 1.72 bits per heavy atom. The first-order chi connectivity index (χ1) is 17.2. The van der Waals surface area contributed by atoms with E-state index in [9.17, 15) is 9.59 Å². The highest BCUT2D eigenvalue weighted by Crippen LogP contribution is 2.24. The molecule has 2 amide bonds. The minimum Gasteiger partial charge on any atom is -0.484 e. The zero-order valence-electron chi connectivity index (χ0n) is 20.8. The molecule has 0 saturated carbocycles. The Hall–Kier alpha value is -3.02. The zero-order chi connectivity index (χ0) is 26.1. The molecule has 0 aliphatic carbocycles. The number of amides is 2. The maximum Gasteiger partial charge on any atom is 0.261 e. The third kappa shape index (κ3) is 8.28. The minimum atomic E-state index is -0.758. The van der Waals surface area contributed by atoms with E-state index in [0.717, 1.165) is 11.1 Å². The summed E-state index contributed by atoms with van der Waals surface area (Å²) in [6.45, 7) is 6.44. The molecule has 0 heterocycles. The first kappa shape index (κ1) is 27.6. The summed E-state index contributed by atoms with van der Waals surface area (Å²) >= 11 is 12.6. The summed E-state index contributed by atoms with van der Waals surface area (Å²) in [6, 6.07) is 21.5. The van der Waals surface area contributed by atoms with E-state index in [1.165, 1.54) is 0 Å². The second kappa shape index (κ2) is 13.3. The van der Waals surface area contributed by atoms with Gasteiger partial charge in [-0.1, -0.05) is 85.6 Å². The lowest BCUT2D eigenvalue weighted by molar-refractivity contribution is -0.142. The van der Waals surface area contributed by atoms with Crippen molar-refractivity contribution in [2.75, 3.05) is 13.2 Å². The number of hydrogen-bond donors (Lipinski definition) is 1. The van der Waals surface area contributed by atoms with Crippen molar-refractivity contribution in [1.29, 1.82) is 0 Å². The van der Waals surface area contributed by atoms with Crippen LogP contribution in [0.5, 0.6) is 5.75 Å². The molecule has 3 aromatic rings. The number of nitrogens with zero attached hydrogens (tertiary/aromatic N) is 1. The summed E-state index contributed by atoms with van der Waals surface area (Å²) in [5, 5.41) is 3.93. The summed E-state index contributed by atoms with van der Waals surface area (Å²) < 4.78 is 5.82. The van der Waals surface area contributed by atoms with E-state index in [1.54, 1.807) is 29.2 Å². The van der Waals surface area contributed by atoms with Gasteiger partial charge in [0.15, 0.2) is 6.61 Å². The van der Waals surface area contributed by atoms with Gasteiger partial charge < -0.3 is 15.0 Å². The van der Waals surface area contributed by atoms with Crippen LogP contribution in [0, 0.1) is 12.8 Å². The molecule has 3 aromatic carbocycles. The average Bonchev–Trinajstić information content (AvgIpc) is 2.85. The fourth-order valence-electron chi connectivity index (χ4n) is 3.74. The van der Waals surface area contributed by atoms with Gasteiger partial charge in [-0.3, -0.25) is 9.59 Å². The van der Waals surface area contributed by atoms with Crippen molar-refractivity contribution in [3.05, 3.63) is 99.5 Å². The van der Waals surface area contributed by atoms with Crippen molar-refractivity contribution >= 4 is 35.0 Å². The van der Waals surface area contributed by atoms with Crippen molar-refractivity contribution in [3.63, 3.8) is 0 Å². The Kier molecular flexibility index (Phi) is 10.2. The van der Waals surface area contributed by atoms with Gasteiger partial charge in [-0.15, -0.1) is 0 Å². The van der Waals surface area contributed by atoms with Gasteiger partial charge in [0.2, 0.25) is 5.91 Å². The van der Waals surface area contributed by atoms with Crippen LogP contribution in [0.2, 0.25) is 10.0 Å². The first-order valence-corrected chi connectivity index (χ1v) is 12.7. The van der Waals surface area contributed by atoms with Gasteiger partial charge in [0.1, 0.15) is 11.8 Å². The van der Waals surface area contributed by atoms with Crippen LogP contribution in [0.15, 0.2) is 72.8 Å². The van der Waals surface area contributed by atoms with Gasteiger partial charge in [-0.2, -0.15) is 0 Å². The summed E-state index contributed by atoms with van der Waals surface area (Å²) in [6.07, 6.45) is 0.353. The topological polar surface area (TPSA) is 58.6 Å². The van der Waals surface area contributed by atoms with Gasteiger partial charge >= 0.3 is 0 Å². The van der Waals surface area contributed by atoms with E-state index in [0.29, 0.717) is 34.3 Å². The zero-order valence-corrected chi connectivity index (χ0v) is 22.4. The Morgan fingerprint density at radius 3 is 2.39 bits per heavy atom. The van der Waals surface area contributed by atoms with Gasteiger partial charge in [0.05, 0.1) is 0 Å². The summed E-state index contributed by atoms with van der Waals surface area (Å²) in [5.74, 6) is 0.326. The van der Waals surface area contributed by atoms with Crippen molar-refractivity contribution < 1.29 is 14.3 Å². The molecule has 7 heteroatoms. The number of benzene rings is 3. The molecule has 0 aromatic heterocycles. The fraction of sp³-hybridized carbons (Fsp3) is 0.310. The Balaban J connectivity index is 1.93. The third-order valence-electron chi connectivity index (χ3n) is 5.66. The number of halogens is 2. The lowest BCUT2D eigenvalue weighted by Crippen LogP contribution is -2.52. The molecule has 0 spiro atoms. The fourth-order valence-corrected chi connectivity index (χ4v) is 4.21. The normalized spacial score (nSPS) is 11.7. The van der Waals surface area contributed by atoms with Crippen LogP contribution in [0.1, 0.15) is 30.5 Å². The van der Waals surface area contributed by atoms with E-state index in [2.05, 4.69) is 5.32 Å². The van der Waals surface area contributed by atoms with Crippen LogP contribution in [-0.4, -0.2) is 35.9 Å². The van der Waals surface area contributed by atoms with Crippen LogP contribution in [0.3, 0.4) is 0 Å². The second-order valence-electron chi connectivity index (χ2n) is 9.21. The van der Waals surface area contributed by atoms with Gasteiger partial charge in [-0.05, 0) is 53.8 Å². The van der Waals surface area contributed by atoms with Gasteiger partial charge in [0, 0.05) is 29.6 Å². The molecule has 0 radical (unpaired) electrons. The molecular formula is C29H32Cl2N2O3. The molecule has 0 bridgehead atoms. The molecule has 0 fully saturated rings. The molecule has 3 rings (SSSR count). The predicted octanol–water partition coefficient (Wildman–Crippen LogP) is 6.09. The Bertz CT molecular complexity index is 1170. The van der Waals surface area contributed by atoms with Crippen molar-refractivity contribution in [3.8, 4) is 5.75 Å². The minimum absolute atomic E-state index is 0.138. The standard InChI is InChI=1S/C29H32Cl2N2O3/c1-20(2)17-32-29(35)27(15-22-9-5-4-6-10-22)33(18-23-12-13-24(30)16-26(23)31)28(34)19-36-25-11-7-8-21(3)14-25/h4-14,16,20,27H,15,17-19H2,1-3H3,(H,32,35). The van der Waals surface area contributed by atoms with E-state index in [4.69, 9.17) is 27.9 Å². The molecule has 1 N–H and O–H groups in total. The van der Waals surface area contributed by atoms with E-state index < -0.39 is 6.04 Å². The highest BCUT2D eigenvalue weighted by molar-refractivity contribution is 6.35. The van der Waals surface area contributed by atoms with Gasteiger partial charge in [-0.25, -0.2) is 0 Å². The number of nitrogens with one attached hydrogen (secondary N) is 1. The number of aryl methyl sites for hydroxylation is 1. The van der Waals surface area contributed by atoms with E-state index in [-0.39, 0.29) is 30.9 Å². The van der Waals surface area contributed by atoms with Crippen molar-refractivity contribution in [2.24, 2.45) is 5.92 Å². The Morgan fingerprint density at radius 1 is 0.972 bits per heavy atom. The third-order valence-corrected chi connectivity index (χ3v) is 6.25. The highest BCUT2D eigenvalue weighted by Gasteiger charge is 2.31. The maximum absolute atomic E-state index is 13.6. The smallest absolute Gasteiger partial charge is 0.261 e. The van der Waals surface area contributed by atoms with Crippen LogP contribution < -0.4 is 10.1 Å². The number of ether oxygens (including phenoxy) is 1. The van der Waals surface area contributed by atoms with Crippen LogP contribution in [0.25, 0.3) is 0 Å². The SMILES string of the molecule is Cc1cccc(OCC(=O)N(Cc2ccc(Cl)cc2Cl)C(Cc2ccccc2)C(=O)NCC(C)C)c1. The van der Waals surface area contributed by atoms with E-state index in [1.807, 2.05) is 69.3 Å². The van der Waals surface area contributed by atoms with Crippen molar-refractivity contribution in [2.45, 2.75) is 39.8 Å². The average molecular weight is 527 g/mol. The highest BCUT2D eigenvalue weighted by atomic mass is 35.5. The van der Waals surface area contributed by atoms with Crippen LogP contribution in [0.4, 0.5) is 0 Å². The lowest BCUT2D eigenvalue weighted by Gasteiger charge is -2.32. The number of carbonyl (C=O) groups excluding carboxylic acids is 2. The first-order valence-electron chi connectivity index (χ1n) is 12.0. The molecular weight excluding hydrogens is 495 g/mol. The quantitative estimate of drug-likeness (QED) is 0.328. The van der Waals surface area contributed by atoms with Crippen LogP contribution >= 0.6 is 23.2 Å². The predicted molar refractivity (Wildman–Crippen MR) is 145 cm³/mol. The van der Waals surface area contributed by atoms with Crippen LogP contribution in [-0.2, 0) is 22.6 Å². The molecule has 1 atom stereocenters. The molecule has 0 aliphatic heterocycles. The monoisotopic (exact) mass is 526 g/mol. The second-order valence-corrected chi connectivity index (χ2v) is 10.1. The molecule has 36 heavy (non-hydrogen) atoms. The molecule has 5 nitrogen and oxygen atoms in total. The summed E-state index contributed by atoms with van der Waals surface area (Å²) in [7, 11) is 0. The van der Waals surface area contributed by atoms with Crippen molar-refractivity contribution in [1.82, 2.24) is 10.2 Å². The lowest BCUT2D eigenvalue weighted by atomic mass is 10.0. The summed E-state index contributed by atoms with van der Waals surface area (Å²) in [4.78, 5) is 28.6. The molecule has 190 valence electrons.